The van der Waals surface area contributed by atoms with Crippen molar-refractivity contribution < 1.29 is 9.47 Å². The number of hydrogen-bond acceptors (Lipinski definition) is 3. The average Bonchev–Trinajstić information content (AvgIpc) is 2.49. The molecule has 0 aliphatic heterocycles. The Morgan fingerprint density at radius 2 is 1.95 bits per heavy atom. The van der Waals surface area contributed by atoms with Crippen molar-refractivity contribution in [2.24, 2.45) is 5.73 Å². The van der Waals surface area contributed by atoms with Crippen LogP contribution >= 0.6 is 0 Å². The molecule has 3 rings (SSSR count). The number of nitrogens with two attached hydrogens (primary N) is 1. The highest BCUT2D eigenvalue weighted by molar-refractivity contribution is 5.43. The van der Waals surface area contributed by atoms with E-state index in [9.17, 15) is 0 Å². The van der Waals surface area contributed by atoms with Crippen molar-refractivity contribution >= 4 is 0 Å². The van der Waals surface area contributed by atoms with Crippen LogP contribution in [0, 0.1) is 0 Å². The largest absolute Gasteiger partial charge is 0.490 e. The van der Waals surface area contributed by atoms with E-state index in [4.69, 9.17) is 15.2 Å². The van der Waals surface area contributed by atoms with Crippen LogP contribution < -0.4 is 10.5 Å². The number of benzene rings is 1. The lowest BCUT2D eigenvalue weighted by molar-refractivity contribution is 0.0206. The zero-order chi connectivity index (χ0) is 13.9. The lowest BCUT2D eigenvalue weighted by Gasteiger charge is -2.31. The van der Waals surface area contributed by atoms with Crippen LogP contribution in [0.1, 0.15) is 55.7 Å². The van der Waals surface area contributed by atoms with Gasteiger partial charge in [0.25, 0.3) is 0 Å². The molecule has 2 N–H and O–H groups in total. The second-order valence-corrected chi connectivity index (χ2v) is 6.09. The molecular weight excluding hydrogens is 250 g/mol. The normalized spacial score (nSPS) is 29.8. The van der Waals surface area contributed by atoms with Gasteiger partial charge in [0.1, 0.15) is 11.9 Å². The molecule has 0 saturated heterocycles. The Morgan fingerprint density at radius 3 is 2.80 bits per heavy atom. The minimum atomic E-state index is 0.181. The van der Waals surface area contributed by atoms with E-state index in [-0.39, 0.29) is 6.04 Å². The van der Waals surface area contributed by atoms with Gasteiger partial charge in [-0.1, -0.05) is 12.1 Å². The first-order valence-corrected chi connectivity index (χ1v) is 7.84. The lowest BCUT2D eigenvalue weighted by atomic mass is 9.87. The SMILES string of the molecule is COC1CCCC(Oc2cccc3c2CCCC3N)C1. The zero-order valence-electron chi connectivity index (χ0n) is 12.3. The Labute approximate surface area is 121 Å². The molecule has 2 aliphatic rings. The van der Waals surface area contributed by atoms with Crippen molar-refractivity contribution in [2.45, 2.75) is 63.2 Å². The average molecular weight is 275 g/mol. The number of fused-ring (bicyclic) bond motifs is 1. The Bertz CT molecular complexity index is 460. The third kappa shape index (κ3) is 2.84. The molecular formula is C17H25NO2. The number of rotatable bonds is 3. The van der Waals surface area contributed by atoms with E-state index >= 15 is 0 Å². The van der Waals surface area contributed by atoms with Gasteiger partial charge in [-0.15, -0.1) is 0 Å². The van der Waals surface area contributed by atoms with Gasteiger partial charge in [0.05, 0.1) is 6.10 Å². The second kappa shape index (κ2) is 6.15. The molecule has 20 heavy (non-hydrogen) atoms. The highest BCUT2D eigenvalue weighted by Gasteiger charge is 2.25. The Balaban J connectivity index is 1.76. The molecule has 3 unspecified atom stereocenters. The summed E-state index contributed by atoms with van der Waals surface area (Å²) in [6.07, 6.45) is 8.49. The van der Waals surface area contributed by atoms with Gasteiger partial charge in [-0.25, -0.2) is 0 Å². The fourth-order valence-corrected chi connectivity index (χ4v) is 3.56. The fraction of sp³-hybridized carbons (Fsp3) is 0.647. The number of hydrogen-bond donors (Lipinski definition) is 1. The van der Waals surface area contributed by atoms with Crippen molar-refractivity contribution in [1.82, 2.24) is 0 Å². The van der Waals surface area contributed by atoms with Crippen LogP contribution in [0.5, 0.6) is 5.75 Å². The van der Waals surface area contributed by atoms with Gasteiger partial charge >= 0.3 is 0 Å². The molecule has 0 bridgehead atoms. The topological polar surface area (TPSA) is 44.5 Å². The molecule has 1 aromatic carbocycles. The van der Waals surface area contributed by atoms with Gasteiger partial charge in [-0.3, -0.25) is 0 Å². The smallest absolute Gasteiger partial charge is 0.123 e. The van der Waals surface area contributed by atoms with E-state index in [2.05, 4.69) is 18.2 Å². The third-order valence-corrected chi connectivity index (χ3v) is 4.72. The first-order valence-electron chi connectivity index (χ1n) is 7.84. The molecule has 0 heterocycles. The highest BCUT2D eigenvalue weighted by atomic mass is 16.5. The summed E-state index contributed by atoms with van der Waals surface area (Å²) >= 11 is 0. The molecule has 1 fully saturated rings. The molecule has 0 spiro atoms. The van der Waals surface area contributed by atoms with E-state index in [1.165, 1.54) is 24.0 Å². The van der Waals surface area contributed by atoms with Crippen LogP contribution in [0.25, 0.3) is 0 Å². The van der Waals surface area contributed by atoms with Crippen LogP contribution in [0.2, 0.25) is 0 Å². The Hall–Kier alpha value is -1.06. The van der Waals surface area contributed by atoms with Crippen LogP contribution in [-0.2, 0) is 11.2 Å². The van der Waals surface area contributed by atoms with Crippen molar-refractivity contribution in [3.05, 3.63) is 29.3 Å². The standard InChI is InChI=1S/C17H25NO2/c1-19-12-5-2-6-13(11-12)20-17-10-4-7-14-15(17)8-3-9-16(14)18/h4,7,10,12-13,16H,2-3,5-6,8-9,11,18H2,1H3. The summed E-state index contributed by atoms with van der Waals surface area (Å²) in [5.74, 6) is 1.06. The summed E-state index contributed by atoms with van der Waals surface area (Å²) in [6, 6.07) is 6.52. The highest BCUT2D eigenvalue weighted by Crippen LogP contribution is 2.35. The second-order valence-electron chi connectivity index (χ2n) is 6.09. The lowest BCUT2D eigenvalue weighted by Crippen LogP contribution is -2.30. The monoisotopic (exact) mass is 275 g/mol. The minimum Gasteiger partial charge on any atom is -0.490 e. The molecule has 110 valence electrons. The molecule has 2 aliphatic carbocycles. The maximum Gasteiger partial charge on any atom is 0.123 e. The van der Waals surface area contributed by atoms with Crippen LogP contribution in [0.3, 0.4) is 0 Å². The maximum atomic E-state index is 6.30. The minimum absolute atomic E-state index is 0.181. The predicted octanol–water partition coefficient (Wildman–Crippen LogP) is 3.36. The molecule has 3 nitrogen and oxygen atoms in total. The molecule has 3 heteroatoms. The Morgan fingerprint density at radius 1 is 1.10 bits per heavy atom. The summed E-state index contributed by atoms with van der Waals surface area (Å²) in [6.45, 7) is 0. The predicted molar refractivity (Wildman–Crippen MR) is 80.0 cm³/mol. The molecule has 3 atom stereocenters. The first-order chi connectivity index (χ1) is 9.78. The van der Waals surface area contributed by atoms with Crippen molar-refractivity contribution in [2.75, 3.05) is 7.11 Å². The summed E-state index contributed by atoms with van der Waals surface area (Å²) in [4.78, 5) is 0. The molecule has 1 saturated carbocycles. The van der Waals surface area contributed by atoms with Gasteiger partial charge in [0.15, 0.2) is 0 Å². The van der Waals surface area contributed by atoms with Crippen molar-refractivity contribution in [3.8, 4) is 5.75 Å². The zero-order valence-corrected chi connectivity index (χ0v) is 12.3. The van der Waals surface area contributed by atoms with E-state index < -0.39 is 0 Å². The number of ether oxygens (including phenoxy) is 2. The number of methoxy groups -OCH3 is 1. The van der Waals surface area contributed by atoms with Gasteiger partial charge in [-0.2, -0.15) is 0 Å². The molecule has 0 aromatic heterocycles. The van der Waals surface area contributed by atoms with Crippen LogP contribution in [0.15, 0.2) is 18.2 Å². The van der Waals surface area contributed by atoms with Crippen LogP contribution in [0.4, 0.5) is 0 Å². The van der Waals surface area contributed by atoms with Crippen molar-refractivity contribution in [1.29, 1.82) is 0 Å². The first kappa shape index (κ1) is 13.9. The Kier molecular flexibility index (Phi) is 4.27. The molecule has 1 aromatic rings. The summed E-state index contributed by atoms with van der Waals surface area (Å²) in [5, 5.41) is 0. The van der Waals surface area contributed by atoms with Crippen molar-refractivity contribution in [3.63, 3.8) is 0 Å². The quantitative estimate of drug-likeness (QED) is 0.920. The fourth-order valence-electron chi connectivity index (χ4n) is 3.56. The summed E-state index contributed by atoms with van der Waals surface area (Å²) < 4.78 is 11.8. The third-order valence-electron chi connectivity index (χ3n) is 4.72. The van der Waals surface area contributed by atoms with Crippen LogP contribution in [-0.4, -0.2) is 19.3 Å². The molecule has 0 amide bonds. The van der Waals surface area contributed by atoms with E-state index in [0.29, 0.717) is 12.2 Å². The van der Waals surface area contributed by atoms with Gasteiger partial charge < -0.3 is 15.2 Å². The maximum absolute atomic E-state index is 6.30. The van der Waals surface area contributed by atoms with Gasteiger partial charge in [0.2, 0.25) is 0 Å². The summed E-state index contributed by atoms with van der Waals surface area (Å²) in [5.41, 5.74) is 8.84. The molecule has 0 radical (unpaired) electrons. The van der Waals surface area contributed by atoms with Gasteiger partial charge in [0, 0.05) is 19.6 Å². The van der Waals surface area contributed by atoms with E-state index in [0.717, 1.165) is 37.9 Å². The summed E-state index contributed by atoms with van der Waals surface area (Å²) in [7, 11) is 1.80. The van der Waals surface area contributed by atoms with E-state index in [1.54, 1.807) is 7.11 Å². The van der Waals surface area contributed by atoms with E-state index in [1.807, 2.05) is 0 Å². The van der Waals surface area contributed by atoms with Gasteiger partial charge in [-0.05, 0) is 55.7 Å².